The van der Waals surface area contributed by atoms with Gasteiger partial charge < -0.3 is 9.47 Å². The fraction of sp³-hybridized carbons (Fsp3) is 0.529. The van der Waals surface area contributed by atoms with Crippen molar-refractivity contribution in [3.8, 4) is 0 Å². The second-order valence-electron chi connectivity index (χ2n) is 6.61. The SMILES string of the molecule is O=C(c1ccnc(F)c1)N1CCCn2c(CN3CCCC3)nnc2C1. The number of hydrogen-bond acceptors (Lipinski definition) is 5. The lowest BCUT2D eigenvalue weighted by Crippen LogP contribution is -2.31. The number of carbonyl (C=O) groups excluding carboxylic acids is 1. The molecule has 4 rings (SSSR count). The number of fused-ring (bicyclic) bond motifs is 1. The molecule has 4 heterocycles. The molecule has 7 nitrogen and oxygen atoms in total. The van der Waals surface area contributed by atoms with Gasteiger partial charge in [0.2, 0.25) is 5.95 Å². The van der Waals surface area contributed by atoms with Gasteiger partial charge in [-0.25, -0.2) is 4.98 Å². The molecule has 2 aliphatic heterocycles. The number of nitrogens with zero attached hydrogens (tertiary/aromatic N) is 6. The van der Waals surface area contributed by atoms with E-state index in [-0.39, 0.29) is 5.91 Å². The Labute approximate surface area is 145 Å². The van der Waals surface area contributed by atoms with Crippen LogP contribution in [0.3, 0.4) is 0 Å². The van der Waals surface area contributed by atoms with Crippen molar-refractivity contribution in [1.82, 2.24) is 29.5 Å². The average Bonchev–Trinajstić information content (AvgIpc) is 3.20. The summed E-state index contributed by atoms with van der Waals surface area (Å²) in [5, 5.41) is 8.66. The van der Waals surface area contributed by atoms with Crippen molar-refractivity contribution >= 4 is 5.91 Å². The molecule has 8 heteroatoms. The van der Waals surface area contributed by atoms with Crippen LogP contribution in [0.15, 0.2) is 18.3 Å². The summed E-state index contributed by atoms with van der Waals surface area (Å²) < 4.78 is 15.4. The highest BCUT2D eigenvalue weighted by atomic mass is 19.1. The third-order valence-electron chi connectivity index (χ3n) is 4.87. The van der Waals surface area contributed by atoms with Crippen LogP contribution in [0.2, 0.25) is 0 Å². The molecule has 2 aromatic rings. The minimum Gasteiger partial charge on any atom is -0.331 e. The van der Waals surface area contributed by atoms with Crippen molar-refractivity contribution in [1.29, 1.82) is 0 Å². The maximum Gasteiger partial charge on any atom is 0.254 e. The van der Waals surface area contributed by atoms with E-state index >= 15 is 0 Å². The Hall–Kier alpha value is -2.35. The lowest BCUT2D eigenvalue weighted by atomic mass is 10.2. The molecular weight excluding hydrogens is 323 g/mol. The largest absolute Gasteiger partial charge is 0.331 e. The van der Waals surface area contributed by atoms with Gasteiger partial charge in [-0.1, -0.05) is 0 Å². The first-order valence-electron chi connectivity index (χ1n) is 8.75. The van der Waals surface area contributed by atoms with E-state index in [9.17, 15) is 9.18 Å². The van der Waals surface area contributed by atoms with Crippen LogP contribution in [0.1, 0.15) is 41.3 Å². The molecule has 1 saturated heterocycles. The fourth-order valence-electron chi connectivity index (χ4n) is 3.57. The lowest BCUT2D eigenvalue weighted by Gasteiger charge is -2.19. The Morgan fingerprint density at radius 2 is 1.96 bits per heavy atom. The predicted molar refractivity (Wildman–Crippen MR) is 88.1 cm³/mol. The fourth-order valence-corrected chi connectivity index (χ4v) is 3.57. The molecule has 1 fully saturated rings. The Morgan fingerprint density at radius 3 is 2.76 bits per heavy atom. The summed E-state index contributed by atoms with van der Waals surface area (Å²) in [6.07, 6.45) is 4.63. The van der Waals surface area contributed by atoms with Crippen molar-refractivity contribution in [2.45, 2.75) is 38.9 Å². The van der Waals surface area contributed by atoms with Crippen LogP contribution in [-0.4, -0.2) is 55.1 Å². The average molecular weight is 344 g/mol. The van der Waals surface area contributed by atoms with Crippen molar-refractivity contribution in [2.75, 3.05) is 19.6 Å². The number of carbonyl (C=O) groups is 1. The molecule has 0 aliphatic carbocycles. The molecule has 0 atom stereocenters. The minimum absolute atomic E-state index is 0.196. The number of hydrogen-bond donors (Lipinski definition) is 0. The first kappa shape index (κ1) is 16.1. The summed E-state index contributed by atoms with van der Waals surface area (Å²) in [7, 11) is 0. The highest BCUT2D eigenvalue weighted by molar-refractivity contribution is 5.94. The predicted octanol–water partition coefficient (Wildman–Crippen LogP) is 1.45. The highest BCUT2D eigenvalue weighted by Crippen LogP contribution is 2.18. The second-order valence-corrected chi connectivity index (χ2v) is 6.61. The molecule has 1 amide bonds. The number of aromatic nitrogens is 4. The zero-order valence-corrected chi connectivity index (χ0v) is 14.1. The molecule has 0 bridgehead atoms. The monoisotopic (exact) mass is 344 g/mol. The van der Waals surface area contributed by atoms with Gasteiger partial charge in [-0.2, -0.15) is 4.39 Å². The molecule has 25 heavy (non-hydrogen) atoms. The second kappa shape index (κ2) is 6.87. The minimum atomic E-state index is -0.642. The first-order chi connectivity index (χ1) is 12.2. The van der Waals surface area contributed by atoms with E-state index < -0.39 is 5.95 Å². The quantitative estimate of drug-likeness (QED) is 0.789. The summed E-state index contributed by atoms with van der Waals surface area (Å²) in [6.45, 7) is 4.86. The molecule has 0 N–H and O–H groups in total. The van der Waals surface area contributed by atoms with Crippen LogP contribution in [-0.2, 0) is 19.6 Å². The molecule has 0 spiro atoms. The molecule has 2 aliphatic rings. The maximum atomic E-state index is 13.3. The van der Waals surface area contributed by atoms with E-state index in [1.807, 2.05) is 0 Å². The van der Waals surface area contributed by atoms with Gasteiger partial charge in [0.1, 0.15) is 5.82 Å². The zero-order chi connectivity index (χ0) is 17.2. The van der Waals surface area contributed by atoms with Crippen LogP contribution < -0.4 is 0 Å². The van der Waals surface area contributed by atoms with Gasteiger partial charge in [0.15, 0.2) is 5.82 Å². The van der Waals surface area contributed by atoms with Gasteiger partial charge >= 0.3 is 0 Å². The van der Waals surface area contributed by atoms with Crippen LogP contribution in [0.5, 0.6) is 0 Å². The Kier molecular flexibility index (Phi) is 4.44. The van der Waals surface area contributed by atoms with Crippen molar-refractivity contribution in [3.05, 3.63) is 41.5 Å². The molecule has 0 saturated carbocycles. The summed E-state index contributed by atoms with van der Waals surface area (Å²) in [4.78, 5) is 20.3. The van der Waals surface area contributed by atoms with Crippen LogP contribution >= 0.6 is 0 Å². The summed E-state index contributed by atoms with van der Waals surface area (Å²) >= 11 is 0. The van der Waals surface area contributed by atoms with E-state index in [1.54, 1.807) is 11.0 Å². The van der Waals surface area contributed by atoms with Crippen LogP contribution in [0, 0.1) is 5.95 Å². The van der Waals surface area contributed by atoms with E-state index in [4.69, 9.17) is 0 Å². The van der Waals surface area contributed by atoms with E-state index in [2.05, 4.69) is 24.6 Å². The molecule has 0 aromatic carbocycles. The number of rotatable bonds is 3. The highest BCUT2D eigenvalue weighted by Gasteiger charge is 2.25. The van der Waals surface area contributed by atoms with Gasteiger partial charge in [0, 0.05) is 30.9 Å². The normalized spacial score (nSPS) is 18.2. The molecule has 2 aromatic heterocycles. The van der Waals surface area contributed by atoms with E-state index in [0.29, 0.717) is 18.7 Å². The van der Waals surface area contributed by atoms with E-state index in [0.717, 1.165) is 44.2 Å². The third kappa shape index (κ3) is 3.39. The standard InChI is InChI=1S/C17H21FN6O/c18-14-10-13(4-5-19-14)17(25)23-8-3-9-24-15(20-21-16(24)12-23)11-22-6-1-2-7-22/h4-5,10H,1-3,6-9,11-12H2. The smallest absolute Gasteiger partial charge is 0.254 e. The van der Waals surface area contributed by atoms with Crippen LogP contribution in [0.4, 0.5) is 4.39 Å². The number of amides is 1. The third-order valence-corrected chi connectivity index (χ3v) is 4.87. The summed E-state index contributed by atoms with van der Waals surface area (Å²) in [6, 6.07) is 2.72. The molecule has 132 valence electrons. The van der Waals surface area contributed by atoms with Gasteiger partial charge in [-0.05, 0) is 38.4 Å². The van der Waals surface area contributed by atoms with Gasteiger partial charge in [0.25, 0.3) is 5.91 Å². The van der Waals surface area contributed by atoms with Crippen LogP contribution in [0.25, 0.3) is 0 Å². The van der Waals surface area contributed by atoms with Gasteiger partial charge in [-0.3, -0.25) is 9.69 Å². The molecule has 0 unspecified atom stereocenters. The van der Waals surface area contributed by atoms with Gasteiger partial charge in [-0.15, -0.1) is 10.2 Å². The topological polar surface area (TPSA) is 67.2 Å². The van der Waals surface area contributed by atoms with Gasteiger partial charge in [0.05, 0.1) is 13.1 Å². The van der Waals surface area contributed by atoms with E-state index in [1.165, 1.54) is 25.1 Å². The first-order valence-corrected chi connectivity index (χ1v) is 8.75. The van der Waals surface area contributed by atoms with Crippen molar-refractivity contribution in [3.63, 3.8) is 0 Å². The Morgan fingerprint density at radius 1 is 1.12 bits per heavy atom. The molecular formula is C17H21FN6O. The summed E-state index contributed by atoms with van der Waals surface area (Å²) in [5.74, 6) is 0.936. The summed E-state index contributed by atoms with van der Waals surface area (Å²) in [5.41, 5.74) is 0.317. The maximum absolute atomic E-state index is 13.3. The Bertz CT molecular complexity index is 770. The van der Waals surface area contributed by atoms with Crippen molar-refractivity contribution < 1.29 is 9.18 Å². The molecule has 0 radical (unpaired) electrons. The lowest BCUT2D eigenvalue weighted by molar-refractivity contribution is 0.0743. The number of halogens is 1. The number of likely N-dealkylation sites (tertiary alicyclic amines) is 1. The Balaban J connectivity index is 1.51. The van der Waals surface area contributed by atoms with Crippen molar-refractivity contribution in [2.24, 2.45) is 0 Å². The zero-order valence-electron chi connectivity index (χ0n) is 14.1. The number of pyridine rings is 1.